The molecule has 0 aliphatic heterocycles. The summed E-state index contributed by atoms with van der Waals surface area (Å²) in [4.78, 5) is 15.2. The highest BCUT2D eigenvalue weighted by Gasteiger charge is 2.17. The van der Waals surface area contributed by atoms with Crippen molar-refractivity contribution in [3.8, 4) is 50.7 Å². The Kier molecular flexibility index (Phi) is 7.14. The van der Waals surface area contributed by atoms with Gasteiger partial charge >= 0.3 is 0 Å². The zero-order valence-corrected chi connectivity index (χ0v) is 29.8. The molecule has 0 saturated heterocycles. The van der Waals surface area contributed by atoms with E-state index in [1.165, 1.54) is 43.4 Å². The predicted molar refractivity (Wildman–Crippen MR) is 228 cm³/mol. The number of benzene rings is 8. The third-order valence-electron chi connectivity index (χ3n) is 10.9. The molecule has 0 N–H and O–H groups in total. The fraction of sp³-hybridized carbons (Fsp3) is 0. The summed E-state index contributed by atoms with van der Waals surface area (Å²) in [7, 11) is 0. The van der Waals surface area contributed by atoms with Gasteiger partial charge in [-0.1, -0.05) is 140 Å². The summed E-state index contributed by atoms with van der Waals surface area (Å²) >= 11 is 0. The average Bonchev–Trinajstić information content (AvgIpc) is 3.59. The zero-order valence-electron chi connectivity index (χ0n) is 29.8. The molecule has 0 amide bonds. The molecule has 3 heterocycles. The summed E-state index contributed by atoms with van der Waals surface area (Å²) in [6, 6.07) is 66.6. The lowest BCUT2D eigenvalue weighted by Crippen LogP contribution is -1.98. The van der Waals surface area contributed by atoms with Crippen LogP contribution in [0.15, 0.2) is 194 Å². The quantitative estimate of drug-likeness (QED) is 0.168. The molecule has 0 bridgehead atoms. The van der Waals surface area contributed by atoms with Crippen LogP contribution in [0.4, 0.5) is 0 Å². The highest BCUT2D eigenvalue weighted by atomic mass is 15.0. The first-order valence-electron chi connectivity index (χ1n) is 18.6. The van der Waals surface area contributed by atoms with Crippen LogP contribution >= 0.6 is 0 Å². The van der Waals surface area contributed by atoms with E-state index in [2.05, 4.69) is 192 Å². The van der Waals surface area contributed by atoms with Gasteiger partial charge in [-0.25, -0.2) is 9.97 Å². The lowest BCUT2D eigenvalue weighted by molar-refractivity contribution is 1.17. The van der Waals surface area contributed by atoms with Crippen LogP contribution in [0.5, 0.6) is 0 Å². The third-order valence-corrected chi connectivity index (χ3v) is 10.9. The summed E-state index contributed by atoms with van der Waals surface area (Å²) < 4.78 is 2.35. The fourth-order valence-electron chi connectivity index (χ4n) is 8.27. The monoisotopic (exact) mass is 700 g/mol. The summed E-state index contributed by atoms with van der Waals surface area (Å²) in [5.74, 6) is 0.683. The third kappa shape index (κ3) is 5.19. The number of hydrogen-bond acceptors (Lipinski definition) is 3. The lowest BCUT2D eigenvalue weighted by atomic mass is 9.94. The standard InChI is InChI=1S/C51H32N4/c1-3-13-40-36(11-1)31-37-12-2-4-14-41(37)50(40)47-32-46(34-25-27-38(28-26-34)55-48-19-9-6-16-43(48)44-17-7-10-20-49(44)55)53-51(54-47)35-23-21-33(22-24-35)39-29-30-52-45-18-8-5-15-42(39)45/h1-32H. The normalized spacial score (nSPS) is 11.6. The van der Waals surface area contributed by atoms with Crippen molar-refractivity contribution in [2.45, 2.75) is 0 Å². The van der Waals surface area contributed by atoms with Crippen LogP contribution in [0.1, 0.15) is 0 Å². The summed E-state index contributed by atoms with van der Waals surface area (Å²) in [6.07, 6.45) is 1.88. The van der Waals surface area contributed by atoms with Crippen LogP contribution < -0.4 is 0 Å². The number of fused-ring (bicyclic) bond motifs is 6. The molecule has 4 heteroatoms. The Labute approximate surface area is 317 Å². The number of pyridine rings is 1. The second kappa shape index (κ2) is 12.6. The van der Waals surface area contributed by atoms with Crippen molar-refractivity contribution >= 4 is 54.3 Å². The molecule has 0 spiro atoms. The molecule has 0 aliphatic rings. The average molecular weight is 701 g/mol. The first kappa shape index (κ1) is 31.1. The molecule has 4 nitrogen and oxygen atoms in total. The van der Waals surface area contributed by atoms with Gasteiger partial charge in [0.2, 0.25) is 0 Å². The molecule has 3 aromatic heterocycles. The van der Waals surface area contributed by atoms with Crippen LogP contribution in [0.25, 0.3) is 105 Å². The van der Waals surface area contributed by atoms with Gasteiger partial charge in [0.1, 0.15) is 0 Å². The van der Waals surface area contributed by atoms with Crippen molar-refractivity contribution in [3.05, 3.63) is 194 Å². The van der Waals surface area contributed by atoms with Gasteiger partial charge in [-0.05, 0) is 81.2 Å². The molecule has 0 fully saturated rings. The second-order valence-corrected chi connectivity index (χ2v) is 14.0. The van der Waals surface area contributed by atoms with E-state index in [0.29, 0.717) is 5.82 Å². The molecule has 0 aliphatic carbocycles. The number of nitrogens with zero attached hydrogens (tertiary/aromatic N) is 4. The topological polar surface area (TPSA) is 43.6 Å². The number of hydrogen-bond donors (Lipinski definition) is 0. The summed E-state index contributed by atoms with van der Waals surface area (Å²) in [5.41, 5.74) is 11.6. The van der Waals surface area contributed by atoms with E-state index in [0.717, 1.165) is 55.8 Å². The van der Waals surface area contributed by atoms with Crippen LogP contribution in [0, 0.1) is 0 Å². The van der Waals surface area contributed by atoms with Gasteiger partial charge in [-0.3, -0.25) is 4.98 Å². The molecule has 8 aromatic carbocycles. The Morgan fingerprint density at radius 1 is 0.382 bits per heavy atom. The Morgan fingerprint density at radius 3 is 1.58 bits per heavy atom. The number of aromatic nitrogens is 4. The number of para-hydroxylation sites is 3. The Morgan fingerprint density at radius 2 is 0.909 bits per heavy atom. The second-order valence-electron chi connectivity index (χ2n) is 14.0. The maximum atomic E-state index is 5.35. The van der Waals surface area contributed by atoms with Gasteiger partial charge in [0.15, 0.2) is 5.82 Å². The van der Waals surface area contributed by atoms with Crippen molar-refractivity contribution in [1.29, 1.82) is 0 Å². The molecule has 256 valence electrons. The molecule has 0 radical (unpaired) electrons. The number of rotatable bonds is 5. The van der Waals surface area contributed by atoms with Crippen LogP contribution in [0.2, 0.25) is 0 Å². The van der Waals surface area contributed by atoms with Crippen molar-refractivity contribution in [2.24, 2.45) is 0 Å². The van der Waals surface area contributed by atoms with Crippen LogP contribution in [-0.2, 0) is 0 Å². The fourth-order valence-corrected chi connectivity index (χ4v) is 8.27. The molecule has 0 saturated carbocycles. The lowest BCUT2D eigenvalue weighted by Gasteiger charge is -2.15. The molecule has 0 atom stereocenters. The predicted octanol–water partition coefficient (Wildman–Crippen LogP) is 13.1. The minimum absolute atomic E-state index is 0.683. The van der Waals surface area contributed by atoms with E-state index < -0.39 is 0 Å². The smallest absolute Gasteiger partial charge is 0.160 e. The highest BCUT2D eigenvalue weighted by Crippen LogP contribution is 2.39. The van der Waals surface area contributed by atoms with E-state index in [-0.39, 0.29) is 0 Å². The van der Waals surface area contributed by atoms with Gasteiger partial charge < -0.3 is 4.57 Å². The van der Waals surface area contributed by atoms with E-state index >= 15 is 0 Å². The molecular weight excluding hydrogens is 669 g/mol. The zero-order chi connectivity index (χ0) is 36.3. The van der Waals surface area contributed by atoms with Crippen molar-refractivity contribution in [2.75, 3.05) is 0 Å². The van der Waals surface area contributed by atoms with Gasteiger partial charge in [0, 0.05) is 44.7 Å². The van der Waals surface area contributed by atoms with Gasteiger partial charge in [0.25, 0.3) is 0 Å². The maximum absolute atomic E-state index is 5.35. The van der Waals surface area contributed by atoms with Crippen molar-refractivity contribution in [3.63, 3.8) is 0 Å². The first-order valence-corrected chi connectivity index (χ1v) is 18.6. The summed E-state index contributed by atoms with van der Waals surface area (Å²) in [6.45, 7) is 0. The van der Waals surface area contributed by atoms with Crippen molar-refractivity contribution < 1.29 is 0 Å². The van der Waals surface area contributed by atoms with E-state index in [1.807, 2.05) is 12.3 Å². The van der Waals surface area contributed by atoms with E-state index in [1.54, 1.807) is 0 Å². The Hall–Kier alpha value is -7.43. The van der Waals surface area contributed by atoms with Crippen LogP contribution in [-0.4, -0.2) is 19.5 Å². The SMILES string of the molecule is c1ccc2c(-c3cc(-c4ccc(-n5c6ccccc6c6ccccc65)cc4)nc(-c4ccc(-c5ccnc6ccccc56)cc4)n3)c3ccccc3cc2c1. The summed E-state index contributed by atoms with van der Waals surface area (Å²) in [5, 5.41) is 8.32. The molecule has 11 rings (SSSR count). The van der Waals surface area contributed by atoms with Crippen molar-refractivity contribution in [1.82, 2.24) is 19.5 Å². The maximum Gasteiger partial charge on any atom is 0.160 e. The Balaban J connectivity index is 1.09. The highest BCUT2D eigenvalue weighted by molar-refractivity contribution is 6.12. The largest absolute Gasteiger partial charge is 0.309 e. The first-order chi connectivity index (χ1) is 27.3. The molecular formula is C51H32N4. The van der Waals surface area contributed by atoms with Gasteiger partial charge in [0.05, 0.1) is 27.9 Å². The molecule has 55 heavy (non-hydrogen) atoms. The van der Waals surface area contributed by atoms with Gasteiger partial charge in [-0.2, -0.15) is 0 Å². The molecule has 0 unspecified atom stereocenters. The minimum atomic E-state index is 0.683. The molecule has 11 aromatic rings. The van der Waals surface area contributed by atoms with E-state index in [4.69, 9.17) is 9.97 Å². The van der Waals surface area contributed by atoms with Crippen LogP contribution in [0.3, 0.4) is 0 Å². The van der Waals surface area contributed by atoms with Gasteiger partial charge in [-0.15, -0.1) is 0 Å². The van der Waals surface area contributed by atoms with E-state index in [9.17, 15) is 0 Å². The Bertz CT molecular complexity index is 3140. The minimum Gasteiger partial charge on any atom is -0.309 e.